The molecule has 1 amide bonds. The van der Waals surface area contributed by atoms with Gasteiger partial charge in [0.15, 0.2) is 5.82 Å². The number of hydrogen-bond donors (Lipinski definition) is 0. The minimum Gasteiger partial charge on any atom is -0.352 e. The summed E-state index contributed by atoms with van der Waals surface area (Å²) in [6.45, 7) is 2.88. The fraction of sp³-hybridized carbons (Fsp3) is 0.250. The molecule has 1 fully saturated rings. The van der Waals surface area contributed by atoms with Gasteiger partial charge in [0.1, 0.15) is 0 Å². The molecular formula is C24H24N6O. The van der Waals surface area contributed by atoms with Crippen molar-refractivity contribution in [3.8, 4) is 11.3 Å². The number of aromatic nitrogens is 4. The summed E-state index contributed by atoms with van der Waals surface area (Å²) in [5.41, 5.74) is 4.00. The molecule has 0 unspecified atom stereocenters. The number of fused-ring (bicyclic) bond motifs is 1. The smallest absolute Gasteiger partial charge is 0.227 e. The molecule has 3 aromatic heterocycles. The lowest BCUT2D eigenvalue weighted by atomic mass is 10.1. The molecule has 1 aliphatic heterocycles. The van der Waals surface area contributed by atoms with E-state index in [1.807, 2.05) is 48.3 Å². The van der Waals surface area contributed by atoms with E-state index in [4.69, 9.17) is 0 Å². The van der Waals surface area contributed by atoms with Crippen molar-refractivity contribution in [2.24, 2.45) is 7.05 Å². The van der Waals surface area contributed by atoms with E-state index < -0.39 is 0 Å². The number of aryl methyl sites for hydroxylation is 1. The number of benzene rings is 1. The number of hydrogen-bond acceptors (Lipinski definition) is 5. The van der Waals surface area contributed by atoms with Gasteiger partial charge in [-0.1, -0.05) is 18.2 Å². The first-order chi connectivity index (χ1) is 15.2. The maximum Gasteiger partial charge on any atom is 0.227 e. The van der Waals surface area contributed by atoms with Crippen LogP contribution in [0.2, 0.25) is 0 Å². The van der Waals surface area contributed by atoms with E-state index in [0.29, 0.717) is 19.5 Å². The summed E-state index contributed by atoms with van der Waals surface area (Å²) in [6, 6.07) is 16.0. The van der Waals surface area contributed by atoms with Gasteiger partial charge in [-0.05, 0) is 35.9 Å². The van der Waals surface area contributed by atoms with Gasteiger partial charge in [0.05, 0.1) is 12.1 Å². The van der Waals surface area contributed by atoms with Gasteiger partial charge in [-0.3, -0.25) is 9.78 Å². The van der Waals surface area contributed by atoms with Gasteiger partial charge < -0.3 is 14.4 Å². The van der Waals surface area contributed by atoms with Gasteiger partial charge in [0.2, 0.25) is 5.91 Å². The van der Waals surface area contributed by atoms with Gasteiger partial charge in [0.25, 0.3) is 0 Å². The first-order valence-corrected chi connectivity index (χ1v) is 10.5. The van der Waals surface area contributed by atoms with Crippen LogP contribution in [0.5, 0.6) is 0 Å². The number of amides is 1. The van der Waals surface area contributed by atoms with Crippen molar-refractivity contribution in [2.75, 3.05) is 31.1 Å². The van der Waals surface area contributed by atoms with Crippen LogP contribution in [0.3, 0.4) is 0 Å². The van der Waals surface area contributed by atoms with E-state index >= 15 is 0 Å². The first kappa shape index (κ1) is 19.2. The summed E-state index contributed by atoms with van der Waals surface area (Å²) in [5, 5.41) is 9.90. The van der Waals surface area contributed by atoms with Crippen LogP contribution in [-0.2, 0) is 18.3 Å². The topological polar surface area (TPSA) is 67.2 Å². The van der Waals surface area contributed by atoms with Crippen LogP contribution in [-0.4, -0.2) is 56.7 Å². The van der Waals surface area contributed by atoms with E-state index in [9.17, 15) is 4.79 Å². The third kappa shape index (κ3) is 3.86. The highest BCUT2D eigenvalue weighted by Crippen LogP contribution is 2.22. The molecule has 7 nitrogen and oxygen atoms in total. The van der Waals surface area contributed by atoms with Crippen molar-refractivity contribution in [1.82, 2.24) is 24.6 Å². The zero-order valence-electron chi connectivity index (χ0n) is 17.5. The zero-order valence-corrected chi connectivity index (χ0v) is 17.5. The Kier molecular flexibility index (Phi) is 5.08. The Bertz CT molecular complexity index is 1190. The van der Waals surface area contributed by atoms with E-state index in [0.717, 1.165) is 46.6 Å². The van der Waals surface area contributed by atoms with Crippen molar-refractivity contribution < 1.29 is 4.79 Å². The number of pyridine rings is 1. The molecule has 0 bridgehead atoms. The predicted octanol–water partition coefficient (Wildman–Crippen LogP) is 2.92. The number of rotatable bonds is 4. The summed E-state index contributed by atoms with van der Waals surface area (Å²) < 4.78 is 2.09. The van der Waals surface area contributed by atoms with Crippen molar-refractivity contribution in [3.05, 3.63) is 72.7 Å². The highest BCUT2D eigenvalue weighted by molar-refractivity contribution is 5.89. The molecule has 1 aliphatic rings. The summed E-state index contributed by atoms with van der Waals surface area (Å²) in [6.07, 6.45) is 6.02. The highest BCUT2D eigenvalue weighted by Gasteiger charge is 2.23. The Morgan fingerprint density at radius 3 is 2.55 bits per heavy atom. The van der Waals surface area contributed by atoms with Gasteiger partial charge in [-0.25, -0.2) is 0 Å². The van der Waals surface area contributed by atoms with Gasteiger partial charge in [0, 0.05) is 68.3 Å². The molecule has 4 aromatic rings. The predicted molar refractivity (Wildman–Crippen MR) is 121 cm³/mol. The summed E-state index contributed by atoms with van der Waals surface area (Å²) in [4.78, 5) is 21.2. The van der Waals surface area contributed by atoms with Crippen LogP contribution < -0.4 is 4.90 Å². The van der Waals surface area contributed by atoms with E-state index in [2.05, 4.69) is 43.0 Å². The van der Waals surface area contributed by atoms with Crippen molar-refractivity contribution in [3.63, 3.8) is 0 Å². The average molecular weight is 412 g/mol. The highest BCUT2D eigenvalue weighted by atomic mass is 16.2. The monoisotopic (exact) mass is 412 g/mol. The fourth-order valence-electron chi connectivity index (χ4n) is 4.19. The SMILES string of the molecule is Cn1cc(CC(=O)N2CCN(c3ccc(-c4cccnc4)nn3)CC2)c2ccccc21. The maximum atomic E-state index is 12.9. The Morgan fingerprint density at radius 1 is 0.968 bits per heavy atom. The van der Waals surface area contributed by atoms with Crippen molar-refractivity contribution >= 4 is 22.6 Å². The van der Waals surface area contributed by atoms with Gasteiger partial charge in [-0.15, -0.1) is 10.2 Å². The summed E-state index contributed by atoms with van der Waals surface area (Å²) in [5.74, 6) is 1.02. The normalized spacial score (nSPS) is 14.2. The van der Waals surface area contributed by atoms with E-state index in [1.54, 1.807) is 12.4 Å². The second kappa shape index (κ2) is 8.18. The van der Waals surface area contributed by atoms with E-state index in [-0.39, 0.29) is 5.91 Å². The summed E-state index contributed by atoms with van der Waals surface area (Å²) >= 11 is 0. The van der Waals surface area contributed by atoms with Crippen LogP contribution >= 0.6 is 0 Å². The first-order valence-electron chi connectivity index (χ1n) is 10.5. The molecule has 31 heavy (non-hydrogen) atoms. The van der Waals surface area contributed by atoms with Crippen LogP contribution in [0.1, 0.15) is 5.56 Å². The van der Waals surface area contributed by atoms with Gasteiger partial charge >= 0.3 is 0 Å². The molecule has 1 aromatic carbocycles. The van der Waals surface area contributed by atoms with Crippen LogP contribution in [0.4, 0.5) is 5.82 Å². The number of para-hydroxylation sites is 1. The maximum absolute atomic E-state index is 12.9. The third-order valence-corrected chi connectivity index (χ3v) is 5.89. The van der Waals surface area contributed by atoms with Gasteiger partial charge in [-0.2, -0.15) is 0 Å². The standard InChI is InChI=1S/C24H24N6O/c1-28-17-19(20-6-2-3-7-22(20)28)15-24(31)30-13-11-29(12-14-30)23-9-8-21(26-27-23)18-5-4-10-25-16-18/h2-10,16-17H,11-15H2,1H3. The Morgan fingerprint density at radius 2 is 1.81 bits per heavy atom. The second-order valence-corrected chi connectivity index (χ2v) is 7.85. The molecule has 0 radical (unpaired) electrons. The minimum atomic E-state index is 0.175. The summed E-state index contributed by atoms with van der Waals surface area (Å²) in [7, 11) is 2.02. The Balaban J connectivity index is 1.21. The molecule has 0 saturated carbocycles. The molecule has 4 heterocycles. The number of anilines is 1. The van der Waals surface area contributed by atoms with Crippen molar-refractivity contribution in [1.29, 1.82) is 0 Å². The molecule has 0 aliphatic carbocycles. The Hall–Kier alpha value is -3.74. The number of nitrogens with zero attached hydrogens (tertiary/aromatic N) is 6. The minimum absolute atomic E-state index is 0.175. The van der Waals surface area contributed by atoms with Crippen LogP contribution in [0.15, 0.2) is 67.1 Å². The lowest BCUT2D eigenvalue weighted by Crippen LogP contribution is -2.49. The van der Waals surface area contributed by atoms with Crippen molar-refractivity contribution in [2.45, 2.75) is 6.42 Å². The lowest BCUT2D eigenvalue weighted by molar-refractivity contribution is -0.130. The van der Waals surface area contributed by atoms with E-state index in [1.165, 1.54) is 0 Å². The molecule has 1 saturated heterocycles. The molecule has 0 spiro atoms. The fourth-order valence-corrected chi connectivity index (χ4v) is 4.19. The quantitative estimate of drug-likeness (QED) is 0.516. The lowest BCUT2D eigenvalue weighted by Gasteiger charge is -2.35. The molecule has 7 heteroatoms. The van der Waals surface area contributed by atoms with Crippen LogP contribution in [0, 0.1) is 0 Å². The number of piperazine rings is 1. The largest absolute Gasteiger partial charge is 0.352 e. The second-order valence-electron chi connectivity index (χ2n) is 7.85. The molecule has 156 valence electrons. The number of carbonyl (C=O) groups is 1. The Labute approximate surface area is 181 Å². The number of carbonyl (C=O) groups excluding carboxylic acids is 1. The van der Waals surface area contributed by atoms with Crippen LogP contribution in [0.25, 0.3) is 22.2 Å². The zero-order chi connectivity index (χ0) is 21.2. The average Bonchev–Trinajstić information content (AvgIpc) is 3.15. The molecule has 0 N–H and O–H groups in total. The third-order valence-electron chi connectivity index (χ3n) is 5.89. The molecular weight excluding hydrogens is 388 g/mol. The molecule has 5 rings (SSSR count). The molecule has 0 atom stereocenters.